The highest BCUT2D eigenvalue weighted by molar-refractivity contribution is 7.89. The van der Waals surface area contributed by atoms with Crippen molar-refractivity contribution in [3.8, 4) is 5.75 Å². The number of fused-ring (bicyclic) bond motifs is 2. The van der Waals surface area contributed by atoms with Crippen LogP contribution in [0.3, 0.4) is 0 Å². The summed E-state index contributed by atoms with van der Waals surface area (Å²) >= 11 is 0. The van der Waals surface area contributed by atoms with Gasteiger partial charge in [-0.2, -0.15) is 4.31 Å². The standard InChI is InChI=1S/C35H35N3O7S/c1-23-10-12-24(13-11-23)20-25-6-5-8-28-33(27-7-3-4-9-29(27)37-34(25)28)35(40)45-22-32(39)36-26-14-15-30(43-2)31(21-26)46(41,42)38-16-18-44-19-17-38/h3-4,7,9-15,20-21H,5-6,8,16-19,22H2,1-2H3,(H,36,39). The lowest BCUT2D eigenvalue weighted by molar-refractivity contribution is -0.119. The smallest absolute Gasteiger partial charge is 0.339 e. The minimum absolute atomic E-state index is 0.0731. The predicted molar refractivity (Wildman–Crippen MR) is 175 cm³/mol. The molecule has 1 amide bonds. The number of hydrogen-bond acceptors (Lipinski definition) is 8. The van der Waals surface area contributed by atoms with Gasteiger partial charge in [0.2, 0.25) is 10.0 Å². The number of carbonyl (C=O) groups is 2. The number of ether oxygens (including phenoxy) is 3. The van der Waals surface area contributed by atoms with Crippen LogP contribution in [0.15, 0.2) is 71.6 Å². The number of para-hydroxylation sites is 1. The van der Waals surface area contributed by atoms with Crippen LogP contribution in [0, 0.1) is 6.92 Å². The van der Waals surface area contributed by atoms with E-state index in [-0.39, 0.29) is 29.4 Å². The number of hydrogen-bond donors (Lipinski definition) is 1. The van der Waals surface area contributed by atoms with Gasteiger partial charge in [0.15, 0.2) is 6.61 Å². The van der Waals surface area contributed by atoms with Crippen LogP contribution in [0.1, 0.15) is 45.6 Å². The number of carbonyl (C=O) groups excluding carboxylic acids is 2. The maximum absolute atomic E-state index is 13.7. The zero-order chi connectivity index (χ0) is 32.3. The lowest BCUT2D eigenvalue weighted by Crippen LogP contribution is -2.40. The molecule has 1 saturated heterocycles. The Bertz CT molecular complexity index is 1930. The quantitative estimate of drug-likeness (QED) is 0.259. The zero-order valence-electron chi connectivity index (χ0n) is 25.7. The Kier molecular flexibility index (Phi) is 9.16. The van der Waals surface area contributed by atoms with Crippen molar-refractivity contribution < 1.29 is 32.2 Å². The normalized spacial score (nSPS) is 16.2. The number of allylic oxidation sites excluding steroid dienone is 1. The number of nitrogens with one attached hydrogen (secondary N) is 1. The highest BCUT2D eigenvalue weighted by Gasteiger charge is 2.30. The second kappa shape index (κ2) is 13.4. The maximum atomic E-state index is 13.7. The number of anilines is 1. The fourth-order valence-electron chi connectivity index (χ4n) is 5.85. The number of rotatable bonds is 8. The highest BCUT2D eigenvalue weighted by atomic mass is 32.2. The van der Waals surface area contributed by atoms with E-state index < -0.39 is 28.5 Å². The molecule has 6 rings (SSSR count). The molecule has 238 valence electrons. The summed E-state index contributed by atoms with van der Waals surface area (Å²) in [5, 5.41) is 3.32. The van der Waals surface area contributed by atoms with Gasteiger partial charge < -0.3 is 19.5 Å². The van der Waals surface area contributed by atoms with Crippen LogP contribution in [0.4, 0.5) is 5.69 Å². The molecule has 2 heterocycles. The fourth-order valence-corrected chi connectivity index (χ4v) is 7.44. The largest absolute Gasteiger partial charge is 0.495 e. The van der Waals surface area contributed by atoms with E-state index in [9.17, 15) is 18.0 Å². The van der Waals surface area contributed by atoms with Crippen molar-refractivity contribution in [3.05, 3.63) is 94.7 Å². The number of methoxy groups -OCH3 is 1. The van der Waals surface area contributed by atoms with Gasteiger partial charge in [0.05, 0.1) is 37.1 Å². The number of nitrogens with zero attached hydrogens (tertiary/aromatic N) is 2. The topological polar surface area (TPSA) is 124 Å². The number of aryl methyl sites for hydroxylation is 1. The highest BCUT2D eigenvalue weighted by Crippen LogP contribution is 2.36. The number of pyridine rings is 1. The Morgan fingerprint density at radius 2 is 1.78 bits per heavy atom. The minimum Gasteiger partial charge on any atom is -0.495 e. The molecule has 4 aromatic rings. The number of esters is 1. The molecule has 1 aliphatic carbocycles. The molecule has 0 bridgehead atoms. The Labute approximate surface area is 268 Å². The lowest BCUT2D eigenvalue weighted by Gasteiger charge is -2.26. The molecule has 1 aromatic heterocycles. The third kappa shape index (κ3) is 6.53. The predicted octanol–water partition coefficient (Wildman–Crippen LogP) is 5.25. The maximum Gasteiger partial charge on any atom is 0.339 e. The van der Waals surface area contributed by atoms with Gasteiger partial charge in [0.1, 0.15) is 10.6 Å². The van der Waals surface area contributed by atoms with Crippen molar-refractivity contribution in [2.45, 2.75) is 31.1 Å². The van der Waals surface area contributed by atoms with E-state index in [1.165, 1.54) is 35.2 Å². The van der Waals surface area contributed by atoms with Crippen molar-refractivity contribution in [3.63, 3.8) is 0 Å². The van der Waals surface area contributed by atoms with Crippen molar-refractivity contribution in [2.24, 2.45) is 0 Å². The summed E-state index contributed by atoms with van der Waals surface area (Å²) in [5.74, 6) is -1.08. The molecule has 2 aliphatic rings. The Hall–Kier alpha value is -4.58. The summed E-state index contributed by atoms with van der Waals surface area (Å²) in [7, 11) is -2.52. The molecule has 46 heavy (non-hydrogen) atoms. The van der Waals surface area contributed by atoms with E-state index in [0.29, 0.717) is 36.1 Å². The summed E-state index contributed by atoms with van der Waals surface area (Å²) in [6, 6.07) is 20.0. The molecule has 10 nitrogen and oxygen atoms in total. The van der Waals surface area contributed by atoms with Crippen molar-refractivity contribution >= 4 is 50.1 Å². The van der Waals surface area contributed by atoms with Gasteiger partial charge in [-0.3, -0.25) is 4.79 Å². The first-order valence-electron chi connectivity index (χ1n) is 15.2. The first-order chi connectivity index (χ1) is 22.2. The van der Waals surface area contributed by atoms with Gasteiger partial charge in [0.25, 0.3) is 5.91 Å². The Morgan fingerprint density at radius 3 is 2.54 bits per heavy atom. The van der Waals surface area contributed by atoms with Crippen LogP contribution >= 0.6 is 0 Å². The van der Waals surface area contributed by atoms with E-state index in [2.05, 4.69) is 35.7 Å². The number of aromatic nitrogens is 1. The average Bonchev–Trinajstić information content (AvgIpc) is 3.07. The molecule has 1 fully saturated rings. The van der Waals surface area contributed by atoms with E-state index in [0.717, 1.165) is 35.2 Å². The van der Waals surface area contributed by atoms with Gasteiger partial charge in [-0.05, 0) is 73.2 Å². The van der Waals surface area contributed by atoms with Gasteiger partial charge in [-0.1, -0.05) is 48.0 Å². The lowest BCUT2D eigenvalue weighted by atomic mass is 9.86. The van der Waals surface area contributed by atoms with Gasteiger partial charge >= 0.3 is 5.97 Å². The number of amides is 1. The van der Waals surface area contributed by atoms with Gasteiger partial charge in [-0.25, -0.2) is 18.2 Å². The number of morpholine rings is 1. The number of benzene rings is 3. The molecular weight excluding hydrogens is 606 g/mol. The summed E-state index contributed by atoms with van der Waals surface area (Å²) in [4.78, 5) is 31.5. The first-order valence-corrected chi connectivity index (χ1v) is 16.6. The second-order valence-electron chi connectivity index (χ2n) is 11.3. The third-order valence-corrected chi connectivity index (χ3v) is 10.1. The summed E-state index contributed by atoms with van der Waals surface area (Å²) in [5.41, 5.74) is 6.17. The minimum atomic E-state index is -3.90. The molecule has 3 aromatic carbocycles. The zero-order valence-corrected chi connectivity index (χ0v) is 26.6. The summed E-state index contributed by atoms with van der Waals surface area (Å²) in [6.07, 6.45) is 4.44. The van der Waals surface area contributed by atoms with Crippen LogP contribution in [0.25, 0.3) is 22.6 Å². The molecule has 0 atom stereocenters. The Morgan fingerprint density at radius 1 is 1.02 bits per heavy atom. The van der Waals surface area contributed by atoms with Crippen molar-refractivity contribution in [2.75, 3.05) is 45.3 Å². The first kappa shape index (κ1) is 31.4. The molecular formula is C35H35N3O7S. The summed E-state index contributed by atoms with van der Waals surface area (Å²) in [6.45, 7) is 2.51. The number of sulfonamides is 1. The Balaban J connectivity index is 1.23. The van der Waals surface area contributed by atoms with E-state index in [1.54, 1.807) is 0 Å². The van der Waals surface area contributed by atoms with Crippen LogP contribution in [0.5, 0.6) is 5.75 Å². The molecule has 1 N–H and O–H groups in total. The van der Waals surface area contributed by atoms with Gasteiger partial charge in [0, 0.05) is 24.2 Å². The monoisotopic (exact) mass is 641 g/mol. The van der Waals surface area contributed by atoms with E-state index in [4.69, 9.17) is 19.2 Å². The van der Waals surface area contributed by atoms with Crippen molar-refractivity contribution in [1.82, 2.24) is 9.29 Å². The average molecular weight is 642 g/mol. The van der Waals surface area contributed by atoms with Crippen LogP contribution in [-0.2, 0) is 30.7 Å². The molecule has 11 heteroatoms. The molecule has 0 spiro atoms. The molecule has 0 saturated carbocycles. The SMILES string of the molecule is COc1ccc(NC(=O)COC(=O)c2c3c(nc4ccccc24)C(=Cc2ccc(C)cc2)CCC3)cc1S(=O)(=O)N1CCOCC1. The fraction of sp³-hybridized carbons (Fsp3) is 0.286. The van der Waals surface area contributed by atoms with Crippen molar-refractivity contribution in [1.29, 1.82) is 0 Å². The van der Waals surface area contributed by atoms with E-state index in [1.807, 2.05) is 31.2 Å². The third-order valence-electron chi connectivity index (χ3n) is 8.16. The van der Waals surface area contributed by atoms with Crippen LogP contribution < -0.4 is 10.1 Å². The van der Waals surface area contributed by atoms with Crippen LogP contribution in [0.2, 0.25) is 0 Å². The molecule has 0 unspecified atom stereocenters. The second-order valence-corrected chi connectivity index (χ2v) is 13.2. The molecule has 1 aliphatic heterocycles. The van der Waals surface area contributed by atoms with Gasteiger partial charge in [-0.15, -0.1) is 0 Å². The van der Waals surface area contributed by atoms with E-state index >= 15 is 0 Å². The molecule has 0 radical (unpaired) electrons. The van der Waals surface area contributed by atoms with Crippen LogP contribution in [-0.4, -0.2) is 69.6 Å². The summed E-state index contributed by atoms with van der Waals surface area (Å²) < 4.78 is 44.2.